The molecule has 4 nitrogen and oxygen atoms in total. The van der Waals surface area contributed by atoms with E-state index >= 15 is 0 Å². The van der Waals surface area contributed by atoms with Crippen molar-refractivity contribution < 1.29 is 9.47 Å². The normalized spacial score (nSPS) is 30.9. The highest BCUT2D eigenvalue weighted by molar-refractivity contribution is 7.09. The third-order valence-corrected chi connectivity index (χ3v) is 5.32. The summed E-state index contributed by atoms with van der Waals surface area (Å²) in [6, 6.07) is 0. The zero-order chi connectivity index (χ0) is 13.3. The van der Waals surface area contributed by atoms with E-state index in [0.29, 0.717) is 5.92 Å². The summed E-state index contributed by atoms with van der Waals surface area (Å²) in [6.07, 6.45) is 0. The van der Waals surface area contributed by atoms with Gasteiger partial charge in [-0.05, 0) is 13.8 Å². The molecule has 0 N–H and O–H groups in total. The van der Waals surface area contributed by atoms with Crippen molar-refractivity contribution in [2.75, 3.05) is 39.5 Å². The van der Waals surface area contributed by atoms with E-state index in [-0.39, 0.29) is 5.41 Å². The monoisotopic (exact) mass is 282 g/mol. The minimum atomic E-state index is 0.231. The molecule has 5 heteroatoms. The predicted octanol–water partition coefficient (Wildman–Crippen LogP) is 1.94. The number of hydrogen-bond donors (Lipinski definition) is 0. The minimum absolute atomic E-state index is 0.231. The van der Waals surface area contributed by atoms with Crippen LogP contribution in [0.4, 0.5) is 0 Å². The van der Waals surface area contributed by atoms with Crippen molar-refractivity contribution in [2.24, 2.45) is 11.3 Å². The van der Waals surface area contributed by atoms with Crippen molar-refractivity contribution in [1.29, 1.82) is 0 Å². The Balaban J connectivity index is 1.66. The Kier molecular flexibility index (Phi) is 3.89. The van der Waals surface area contributed by atoms with Crippen molar-refractivity contribution in [3.63, 3.8) is 0 Å². The largest absolute Gasteiger partial charge is 0.381 e. The van der Waals surface area contributed by atoms with Crippen LogP contribution in [0.3, 0.4) is 0 Å². The molecule has 0 bridgehead atoms. The van der Waals surface area contributed by atoms with Crippen molar-refractivity contribution in [3.05, 3.63) is 16.1 Å². The Morgan fingerprint density at radius 1 is 1.63 bits per heavy atom. The van der Waals surface area contributed by atoms with Gasteiger partial charge in [-0.1, -0.05) is 0 Å². The SMILES string of the molecule is CCOC[C@]12COC[C@H]1CN(Cc1scnc1C)C2. The third kappa shape index (κ3) is 2.57. The second-order valence-corrected chi connectivity index (χ2v) is 6.68. The van der Waals surface area contributed by atoms with Gasteiger partial charge in [-0.3, -0.25) is 4.90 Å². The average Bonchev–Trinajstić information content (AvgIpc) is 3.03. The van der Waals surface area contributed by atoms with Crippen LogP contribution in [0.1, 0.15) is 17.5 Å². The zero-order valence-corrected chi connectivity index (χ0v) is 12.5. The Hall–Kier alpha value is -0.490. The molecule has 3 heterocycles. The highest BCUT2D eigenvalue weighted by Crippen LogP contribution is 2.42. The standard InChI is InChI=1S/C14H22N2O2S/c1-3-17-8-14-7-16(4-12(14)6-18-9-14)5-13-11(2)15-10-19-13/h10,12H,3-9H2,1-2H3/t12-,14-/m1/s1. The fourth-order valence-corrected chi connectivity index (χ4v) is 4.07. The van der Waals surface area contributed by atoms with E-state index in [1.165, 1.54) is 10.6 Å². The molecule has 0 unspecified atom stereocenters. The van der Waals surface area contributed by atoms with Gasteiger partial charge in [0.15, 0.2) is 0 Å². The maximum absolute atomic E-state index is 5.71. The van der Waals surface area contributed by atoms with Crippen LogP contribution in [-0.4, -0.2) is 49.4 Å². The van der Waals surface area contributed by atoms with Crippen molar-refractivity contribution in [1.82, 2.24) is 9.88 Å². The van der Waals surface area contributed by atoms with Crippen LogP contribution >= 0.6 is 11.3 Å². The zero-order valence-electron chi connectivity index (χ0n) is 11.7. The summed E-state index contributed by atoms with van der Waals surface area (Å²) in [5, 5.41) is 0. The summed E-state index contributed by atoms with van der Waals surface area (Å²) in [7, 11) is 0. The second kappa shape index (κ2) is 5.48. The van der Waals surface area contributed by atoms with Gasteiger partial charge in [0.2, 0.25) is 0 Å². The number of nitrogens with zero attached hydrogens (tertiary/aromatic N) is 2. The Morgan fingerprint density at radius 3 is 3.26 bits per heavy atom. The first-order valence-electron chi connectivity index (χ1n) is 7.00. The Morgan fingerprint density at radius 2 is 2.53 bits per heavy atom. The predicted molar refractivity (Wildman–Crippen MR) is 75.4 cm³/mol. The number of thiazole rings is 1. The molecule has 2 fully saturated rings. The molecule has 2 aliphatic rings. The van der Waals surface area contributed by atoms with Gasteiger partial charge in [-0.25, -0.2) is 4.98 Å². The number of ether oxygens (including phenoxy) is 2. The van der Waals surface area contributed by atoms with Crippen molar-refractivity contribution in [2.45, 2.75) is 20.4 Å². The fraction of sp³-hybridized carbons (Fsp3) is 0.786. The number of fused-ring (bicyclic) bond motifs is 1. The number of aryl methyl sites for hydroxylation is 1. The lowest BCUT2D eigenvalue weighted by atomic mass is 9.82. The number of aromatic nitrogens is 1. The molecule has 2 atom stereocenters. The van der Waals surface area contributed by atoms with E-state index in [1.54, 1.807) is 11.3 Å². The van der Waals surface area contributed by atoms with Gasteiger partial charge in [0.25, 0.3) is 0 Å². The molecule has 3 rings (SSSR count). The fourth-order valence-electron chi connectivity index (χ4n) is 3.25. The summed E-state index contributed by atoms with van der Waals surface area (Å²) in [5.74, 6) is 0.632. The van der Waals surface area contributed by atoms with E-state index in [1.807, 2.05) is 5.51 Å². The molecular formula is C14H22N2O2S. The number of rotatable bonds is 5. The third-order valence-electron chi connectivity index (χ3n) is 4.40. The molecule has 0 aromatic carbocycles. The molecule has 1 aromatic rings. The minimum Gasteiger partial charge on any atom is -0.381 e. The molecule has 0 radical (unpaired) electrons. The highest BCUT2D eigenvalue weighted by atomic mass is 32.1. The summed E-state index contributed by atoms with van der Waals surface area (Å²) in [5.41, 5.74) is 3.35. The molecule has 0 aliphatic carbocycles. The first kappa shape index (κ1) is 13.5. The summed E-state index contributed by atoms with van der Waals surface area (Å²) in [4.78, 5) is 8.28. The van der Waals surface area contributed by atoms with E-state index in [0.717, 1.165) is 46.1 Å². The molecule has 0 amide bonds. The average molecular weight is 282 g/mol. The van der Waals surface area contributed by atoms with Crippen LogP contribution in [0.2, 0.25) is 0 Å². The lowest BCUT2D eigenvalue weighted by Crippen LogP contribution is -2.35. The highest BCUT2D eigenvalue weighted by Gasteiger charge is 2.50. The van der Waals surface area contributed by atoms with Crippen LogP contribution in [0.25, 0.3) is 0 Å². The van der Waals surface area contributed by atoms with Gasteiger partial charge in [0, 0.05) is 42.5 Å². The summed E-state index contributed by atoms with van der Waals surface area (Å²) < 4.78 is 11.4. The van der Waals surface area contributed by atoms with Gasteiger partial charge in [0.1, 0.15) is 0 Å². The molecule has 0 saturated carbocycles. The Labute approximate surface area is 118 Å². The molecule has 19 heavy (non-hydrogen) atoms. The summed E-state index contributed by atoms with van der Waals surface area (Å²) in [6.45, 7) is 10.8. The van der Waals surface area contributed by atoms with Crippen LogP contribution in [0.15, 0.2) is 5.51 Å². The maximum Gasteiger partial charge on any atom is 0.0798 e. The van der Waals surface area contributed by atoms with E-state index in [9.17, 15) is 0 Å². The van der Waals surface area contributed by atoms with Gasteiger partial charge in [-0.15, -0.1) is 11.3 Å². The van der Waals surface area contributed by atoms with Crippen LogP contribution in [0, 0.1) is 18.3 Å². The molecule has 106 valence electrons. The first-order chi connectivity index (χ1) is 9.23. The smallest absolute Gasteiger partial charge is 0.0798 e. The summed E-state index contributed by atoms with van der Waals surface area (Å²) >= 11 is 1.77. The quantitative estimate of drug-likeness (QED) is 0.826. The lowest BCUT2D eigenvalue weighted by Gasteiger charge is -2.26. The molecular weight excluding hydrogens is 260 g/mol. The first-order valence-corrected chi connectivity index (χ1v) is 7.88. The lowest BCUT2D eigenvalue weighted by molar-refractivity contribution is 0.0323. The molecule has 2 aliphatic heterocycles. The van der Waals surface area contributed by atoms with E-state index < -0.39 is 0 Å². The van der Waals surface area contributed by atoms with Gasteiger partial charge in [-0.2, -0.15) is 0 Å². The topological polar surface area (TPSA) is 34.6 Å². The van der Waals surface area contributed by atoms with E-state index in [4.69, 9.17) is 9.47 Å². The Bertz CT molecular complexity index is 437. The van der Waals surface area contributed by atoms with Crippen molar-refractivity contribution in [3.8, 4) is 0 Å². The molecule has 2 saturated heterocycles. The van der Waals surface area contributed by atoms with Crippen LogP contribution in [-0.2, 0) is 16.0 Å². The number of likely N-dealkylation sites (tertiary alicyclic amines) is 1. The van der Waals surface area contributed by atoms with Crippen LogP contribution in [0.5, 0.6) is 0 Å². The van der Waals surface area contributed by atoms with Crippen LogP contribution < -0.4 is 0 Å². The maximum atomic E-state index is 5.71. The van der Waals surface area contributed by atoms with Gasteiger partial charge < -0.3 is 9.47 Å². The number of hydrogen-bond acceptors (Lipinski definition) is 5. The van der Waals surface area contributed by atoms with Gasteiger partial charge >= 0.3 is 0 Å². The van der Waals surface area contributed by atoms with E-state index in [2.05, 4.69) is 23.7 Å². The van der Waals surface area contributed by atoms with Crippen molar-refractivity contribution >= 4 is 11.3 Å². The molecule has 0 spiro atoms. The second-order valence-electron chi connectivity index (χ2n) is 5.74. The van der Waals surface area contributed by atoms with Gasteiger partial charge in [0.05, 0.1) is 31.0 Å². The molecule has 1 aromatic heterocycles.